The molecular formula is C24H32N2O2. The Morgan fingerprint density at radius 2 is 1.46 bits per heavy atom. The molecule has 2 fully saturated rings. The van der Waals surface area contributed by atoms with E-state index in [2.05, 4.69) is 65.3 Å². The average Bonchev–Trinajstić information content (AvgIpc) is 3.28. The minimum Gasteiger partial charge on any atom is -0.492 e. The number of morpholine rings is 1. The smallest absolute Gasteiger partial charge is 0.119 e. The van der Waals surface area contributed by atoms with E-state index in [-0.39, 0.29) is 0 Å². The summed E-state index contributed by atoms with van der Waals surface area (Å²) < 4.78 is 11.4. The zero-order chi connectivity index (χ0) is 19.2. The van der Waals surface area contributed by atoms with Gasteiger partial charge in [-0.05, 0) is 61.7 Å². The van der Waals surface area contributed by atoms with Crippen molar-refractivity contribution in [2.75, 3.05) is 52.5 Å². The standard InChI is InChI=1S/C24H32N2O2/c1-20(26-15-17-27-18-16-26)21-4-6-22(7-5-21)23-8-10-24(11-9-23)28-19-14-25-12-2-3-13-25/h4-11,20H,2-3,12-19H2,1H3/t20-/m0/s1. The normalized spacial score (nSPS) is 19.6. The first kappa shape index (κ1) is 19.4. The lowest BCUT2D eigenvalue weighted by Gasteiger charge is -2.32. The Bertz CT molecular complexity index is 717. The van der Waals surface area contributed by atoms with Gasteiger partial charge in [0.25, 0.3) is 0 Å². The highest BCUT2D eigenvalue weighted by Crippen LogP contribution is 2.26. The van der Waals surface area contributed by atoms with Crippen LogP contribution < -0.4 is 4.74 Å². The molecule has 2 aliphatic heterocycles. The molecule has 0 aromatic heterocycles. The number of benzene rings is 2. The summed E-state index contributed by atoms with van der Waals surface area (Å²) in [5.74, 6) is 0.959. The van der Waals surface area contributed by atoms with Gasteiger partial charge in [-0.3, -0.25) is 9.80 Å². The summed E-state index contributed by atoms with van der Waals surface area (Å²) in [6.45, 7) is 10.3. The third kappa shape index (κ3) is 4.93. The van der Waals surface area contributed by atoms with E-state index in [1.54, 1.807) is 0 Å². The third-order valence-corrected chi connectivity index (χ3v) is 6.05. The van der Waals surface area contributed by atoms with Gasteiger partial charge >= 0.3 is 0 Å². The molecule has 4 rings (SSSR count). The fourth-order valence-corrected chi connectivity index (χ4v) is 4.17. The fourth-order valence-electron chi connectivity index (χ4n) is 4.17. The van der Waals surface area contributed by atoms with Crippen molar-refractivity contribution in [2.24, 2.45) is 0 Å². The summed E-state index contributed by atoms with van der Waals surface area (Å²) in [5.41, 5.74) is 3.85. The highest BCUT2D eigenvalue weighted by atomic mass is 16.5. The van der Waals surface area contributed by atoms with Gasteiger partial charge in [-0.25, -0.2) is 0 Å². The molecule has 1 atom stereocenters. The maximum absolute atomic E-state index is 5.92. The van der Waals surface area contributed by atoms with Gasteiger partial charge in [0.05, 0.1) is 13.2 Å². The molecule has 0 unspecified atom stereocenters. The van der Waals surface area contributed by atoms with Gasteiger partial charge in [0, 0.05) is 25.7 Å². The molecular weight excluding hydrogens is 348 g/mol. The third-order valence-electron chi connectivity index (χ3n) is 6.05. The highest BCUT2D eigenvalue weighted by molar-refractivity contribution is 5.64. The number of likely N-dealkylation sites (tertiary alicyclic amines) is 1. The summed E-state index contributed by atoms with van der Waals surface area (Å²) >= 11 is 0. The summed E-state index contributed by atoms with van der Waals surface area (Å²) in [5, 5.41) is 0. The Labute approximate surface area is 169 Å². The first-order valence-corrected chi connectivity index (χ1v) is 10.7. The monoisotopic (exact) mass is 380 g/mol. The molecule has 0 radical (unpaired) electrons. The van der Waals surface area contributed by atoms with Crippen molar-refractivity contribution in [1.29, 1.82) is 0 Å². The van der Waals surface area contributed by atoms with E-state index in [0.29, 0.717) is 6.04 Å². The second kappa shape index (κ2) is 9.55. The molecule has 0 aliphatic carbocycles. The number of hydrogen-bond acceptors (Lipinski definition) is 4. The van der Waals surface area contributed by atoms with E-state index >= 15 is 0 Å². The van der Waals surface area contributed by atoms with Crippen LogP contribution in [-0.2, 0) is 4.74 Å². The minimum absolute atomic E-state index is 0.435. The first-order chi connectivity index (χ1) is 13.8. The maximum Gasteiger partial charge on any atom is 0.119 e. The molecule has 2 saturated heterocycles. The lowest BCUT2D eigenvalue weighted by Crippen LogP contribution is -2.37. The predicted octanol–water partition coefficient (Wildman–Crippen LogP) is 4.22. The summed E-state index contributed by atoms with van der Waals surface area (Å²) in [6.07, 6.45) is 2.66. The van der Waals surface area contributed by atoms with E-state index in [0.717, 1.165) is 45.2 Å². The van der Waals surface area contributed by atoms with Crippen molar-refractivity contribution in [3.63, 3.8) is 0 Å². The minimum atomic E-state index is 0.435. The van der Waals surface area contributed by atoms with E-state index in [1.165, 1.54) is 42.6 Å². The first-order valence-electron chi connectivity index (χ1n) is 10.7. The summed E-state index contributed by atoms with van der Waals surface area (Å²) in [4.78, 5) is 4.97. The molecule has 0 amide bonds. The van der Waals surface area contributed by atoms with Gasteiger partial charge in [0.15, 0.2) is 0 Å². The molecule has 0 N–H and O–H groups in total. The number of nitrogens with zero attached hydrogens (tertiary/aromatic N) is 2. The Morgan fingerprint density at radius 1 is 0.857 bits per heavy atom. The van der Waals surface area contributed by atoms with Crippen molar-refractivity contribution in [3.05, 3.63) is 54.1 Å². The van der Waals surface area contributed by atoms with Gasteiger partial charge in [0.1, 0.15) is 12.4 Å². The van der Waals surface area contributed by atoms with Crippen LogP contribution in [0.25, 0.3) is 11.1 Å². The van der Waals surface area contributed by atoms with Crippen LogP contribution in [0.1, 0.15) is 31.4 Å². The highest BCUT2D eigenvalue weighted by Gasteiger charge is 2.18. The average molecular weight is 381 g/mol. The molecule has 2 aliphatic rings. The summed E-state index contributed by atoms with van der Waals surface area (Å²) in [7, 11) is 0. The van der Waals surface area contributed by atoms with Crippen molar-refractivity contribution in [1.82, 2.24) is 9.80 Å². The molecule has 4 heteroatoms. The van der Waals surface area contributed by atoms with Crippen LogP contribution in [0.15, 0.2) is 48.5 Å². The molecule has 2 heterocycles. The van der Waals surface area contributed by atoms with E-state index in [4.69, 9.17) is 9.47 Å². The van der Waals surface area contributed by atoms with Crippen LogP contribution in [0, 0.1) is 0 Å². The van der Waals surface area contributed by atoms with Gasteiger partial charge in [-0.2, -0.15) is 0 Å². The SMILES string of the molecule is C[C@@H](c1ccc(-c2ccc(OCCN3CCCC3)cc2)cc1)N1CCOCC1. The number of ether oxygens (including phenoxy) is 2. The maximum atomic E-state index is 5.92. The molecule has 0 spiro atoms. The Morgan fingerprint density at radius 3 is 2.11 bits per heavy atom. The Hall–Kier alpha value is -1.88. The molecule has 0 bridgehead atoms. The van der Waals surface area contributed by atoms with Gasteiger partial charge in [-0.1, -0.05) is 36.4 Å². The predicted molar refractivity (Wildman–Crippen MR) is 114 cm³/mol. The molecule has 2 aromatic rings. The lowest BCUT2D eigenvalue weighted by molar-refractivity contribution is 0.0198. The largest absolute Gasteiger partial charge is 0.492 e. The Kier molecular flexibility index (Phi) is 6.63. The van der Waals surface area contributed by atoms with Crippen molar-refractivity contribution in [3.8, 4) is 16.9 Å². The van der Waals surface area contributed by atoms with Crippen LogP contribution in [0.4, 0.5) is 0 Å². The molecule has 150 valence electrons. The number of hydrogen-bond donors (Lipinski definition) is 0. The topological polar surface area (TPSA) is 24.9 Å². The fraction of sp³-hybridized carbons (Fsp3) is 0.500. The van der Waals surface area contributed by atoms with Crippen molar-refractivity contribution < 1.29 is 9.47 Å². The molecule has 2 aromatic carbocycles. The Balaban J connectivity index is 1.32. The quantitative estimate of drug-likeness (QED) is 0.718. The zero-order valence-electron chi connectivity index (χ0n) is 17.0. The van der Waals surface area contributed by atoms with Gasteiger partial charge < -0.3 is 9.47 Å². The van der Waals surface area contributed by atoms with Crippen molar-refractivity contribution >= 4 is 0 Å². The van der Waals surface area contributed by atoms with Crippen LogP contribution in [0.2, 0.25) is 0 Å². The van der Waals surface area contributed by atoms with Crippen LogP contribution >= 0.6 is 0 Å². The van der Waals surface area contributed by atoms with E-state index in [1.807, 2.05) is 0 Å². The second-order valence-corrected chi connectivity index (χ2v) is 7.87. The second-order valence-electron chi connectivity index (χ2n) is 7.87. The number of rotatable bonds is 7. The van der Waals surface area contributed by atoms with Gasteiger partial charge in [0.2, 0.25) is 0 Å². The molecule has 28 heavy (non-hydrogen) atoms. The zero-order valence-corrected chi connectivity index (χ0v) is 17.0. The van der Waals surface area contributed by atoms with E-state index < -0.39 is 0 Å². The van der Waals surface area contributed by atoms with Crippen LogP contribution in [0.3, 0.4) is 0 Å². The van der Waals surface area contributed by atoms with Crippen LogP contribution in [0.5, 0.6) is 5.75 Å². The molecule has 0 saturated carbocycles. The summed E-state index contributed by atoms with van der Waals surface area (Å²) in [6, 6.07) is 17.9. The van der Waals surface area contributed by atoms with E-state index in [9.17, 15) is 0 Å². The van der Waals surface area contributed by atoms with Gasteiger partial charge in [-0.15, -0.1) is 0 Å². The molecule has 4 nitrogen and oxygen atoms in total. The van der Waals surface area contributed by atoms with Crippen molar-refractivity contribution in [2.45, 2.75) is 25.8 Å². The van der Waals surface area contributed by atoms with Crippen LogP contribution in [-0.4, -0.2) is 62.3 Å². The lowest BCUT2D eigenvalue weighted by atomic mass is 10.0.